The van der Waals surface area contributed by atoms with Gasteiger partial charge in [-0.2, -0.15) is 0 Å². The highest BCUT2D eigenvalue weighted by molar-refractivity contribution is 5.78. The number of hydrogen-bond acceptors (Lipinski definition) is 2. The van der Waals surface area contributed by atoms with Crippen LogP contribution in [-0.4, -0.2) is 23.8 Å². The molecule has 86 valence electrons. The molecule has 0 spiro atoms. The Bertz CT molecular complexity index is 350. The third kappa shape index (κ3) is 3.17. The predicted molar refractivity (Wildman–Crippen MR) is 65.3 cm³/mol. The van der Waals surface area contributed by atoms with Crippen molar-refractivity contribution < 1.29 is 4.79 Å². The van der Waals surface area contributed by atoms with E-state index in [1.807, 2.05) is 0 Å². The molecule has 2 nitrogen and oxygen atoms in total. The van der Waals surface area contributed by atoms with E-state index in [9.17, 15) is 4.79 Å². The van der Waals surface area contributed by atoms with Gasteiger partial charge in [0.15, 0.2) is 0 Å². The van der Waals surface area contributed by atoms with E-state index in [2.05, 4.69) is 29.2 Å². The zero-order valence-corrected chi connectivity index (χ0v) is 9.91. The molecule has 1 saturated heterocycles. The second-order valence-corrected chi connectivity index (χ2v) is 4.68. The van der Waals surface area contributed by atoms with Crippen LogP contribution in [0.15, 0.2) is 24.3 Å². The minimum atomic E-state index is 0.229. The lowest BCUT2D eigenvalue weighted by molar-refractivity contribution is -0.116. The summed E-state index contributed by atoms with van der Waals surface area (Å²) in [7, 11) is 0. The second kappa shape index (κ2) is 5.26. The number of ketones is 1. The molecular formula is C14H19NO. The molecular weight excluding hydrogens is 198 g/mol. The third-order valence-corrected chi connectivity index (χ3v) is 3.08. The van der Waals surface area contributed by atoms with Crippen molar-refractivity contribution in [1.29, 1.82) is 0 Å². The molecule has 1 aliphatic rings. The van der Waals surface area contributed by atoms with E-state index in [1.165, 1.54) is 31.5 Å². The van der Waals surface area contributed by atoms with E-state index in [0.717, 1.165) is 12.1 Å². The van der Waals surface area contributed by atoms with Crippen molar-refractivity contribution in [3.63, 3.8) is 0 Å². The van der Waals surface area contributed by atoms with Crippen molar-refractivity contribution in [2.45, 2.75) is 32.7 Å². The quantitative estimate of drug-likeness (QED) is 0.772. The van der Waals surface area contributed by atoms with Crippen LogP contribution < -0.4 is 0 Å². The Hall–Kier alpha value is -1.15. The molecule has 0 aromatic heterocycles. The number of carbonyl (C=O) groups is 1. The van der Waals surface area contributed by atoms with E-state index in [4.69, 9.17) is 0 Å². The Labute approximate surface area is 97.3 Å². The van der Waals surface area contributed by atoms with Crippen molar-refractivity contribution in [2.24, 2.45) is 0 Å². The molecule has 1 aliphatic heterocycles. The van der Waals surface area contributed by atoms with Crippen molar-refractivity contribution in [3.8, 4) is 0 Å². The maximum absolute atomic E-state index is 11.0. The molecule has 16 heavy (non-hydrogen) atoms. The van der Waals surface area contributed by atoms with Crippen LogP contribution in [0.1, 0.15) is 30.9 Å². The lowest BCUT2D eigenvalue weighted by Crippen LogP contribution is -2.18. The topological polar surface area (TPSA) is 20.3 Å². The van der Waals surface area contributed by atoms with Crippen LogP contribution in [0.2, 0.25) is 0 Å². The van der Waals surface area contributed by atoms with Crippen molar-refractivity contribution >= 4 is 5.78 Å². The second-order valence-electron chi connectivity index (χ2n) is 4.68. The van der Waals surface area contributed by atoms with Crippen LogP contribution in [0, 0.1) is 0 Å². The van der Waals surface area contributed by atoms with Gasteiger partial charge in [0, 0.05) is 13.0 Å². The Morgan fingerprint density at radius 1 is 1.12 bits per heavy atom. The van der Waals surface area contributed by atoms with Gasteiger partial charge in [-0.15, -0.1) is 0 Å². The summed E-state index contributed by atoms with van der Waals surface area (Å²) in [6.45, 7) is 5.16. The van der Waals surface area contributed by atoms with Gasteiger partial charge < -0.3 is 0 Å². The highest BCUT2D eigenvalue weighted by atomic mass is 16.1. The standard InChI is InChI=1S/C14H19NO/c1-12(16)10-13-4-6-14(7-5-13)11-15-8-2-3-9-15/h4-7H,2-3,8-11H2,1H3. The summed E-state index contributed by atoms with van der Waals surface area (Å²) in [6.07, 6.45) is 3.23. The first-order chi connectivity index (χ1) is 7.74. The Balaban J connectivity index is 1.93. The van der Waals surface area contributed by atoms with E-state index < -0.39 is 0 Å². The molecule has 1 aromatic rings. The molecule has 2 rings (SSSR count). The Kier molecular flexibility index (Phi) is 3.73. The number of Topliss-reactive ketones (excluding diaryl/α,β-unsaturated/α-hetero) is 1. The fourth-order valence-electron chi connectivity index (χ4n) is 2.25. The van der Waals surface area contributed by atoms with Crippen molar-refractivity contribution in [2.75, 3.05) is 13.1 Å². The monoisotopic (exact) mass is 217 g/mol. The van der Waals surface area contributed by atoms with Gasteiger partial charge in [0.05, 0.1) is 0 Å². The van der Waals surface area contributed by atoms with E-state index in [-0.39, 0.29) is 5.78 Å². The SMILES string of the molecule is CC(=O)Cc1ccc(CN2CCCC2)cc1. The molecule has 1 fully saturated rings. The average Bonchev–Trinajstić information content (AvgIpc) is 2.73. The minimum absolute atomic E-state index is 0.229. The molecule has 0 amide bonds. The summed E-state index contributed by atoms with van der Waals surface area (Å²) in [5.74, 6) is 0.229. The molecule has 0 N–H and O–H groups in total. The largest absolute Gasteiger partial charge is 0.300 e. The summed E-state index contributed by atoms with van der Waals surface area (Å²) in [5.41, 5.74) is 2.48. The third-order valence-electron chi connectivity index (χ3n) is 3.08. The van der Waals surface area contributed by atoms with Crippen LogP contribution in [-0.2, 0) is 17.8 Å². The zero-order valence-electron chi connectivity index (χ0n) is 9.91. The fourth-order valence-corrected chi connectivity index (χ4v) is 2.25. The normalized spacial score (nSPS) is 16.6. The summed E-state index contributed by atoms with van der Waals surface area (Å²) in [5, 5.41) is 0. The van der Waals surface area contributed by atoms with Gasteiger partial charge in [0.1, 0.15) is 5.78 Å². The van der Waals surface area contributed by atoms with Crippen molar-refractivity contribution in [1.82, 2.24) is 4.90 Å². The van der Waals surface area contributed by atoms with Gasteiger partial charge in [-0.05, 0) is 44.0 Å². The highest BCUT2D eigenvalue weighted by Gasteiger charge is 2.11. The summed E-state index contributed by atoms with van der Waals surface area (Å²) in [6, 6.07) is 8.45. The van der Waals surface area contributed by atoms with Crippen molar-refractivity contribution in [3.05, 3.63) is 35.4 Å². The first-order valence-electron chi connectivity index (χ1n) is 6.03. The lowest BCUT2D eigenvalue weighted by Gasteiger charge is -2.14. The zero-order chi connectivity index (χ0) is 11.4. The van der Waals surface area contributed by atoms with Gasteiger partial charge in [-0.1, -0.05) is 24.3 Å². The minimum Gasteiger partial charge on any atom is -0.300 e. The van der Waals surface area contributed by atoms with Crippen LogP contribution in [0.5, 0.6) is 0 Å². The summed E-state index contributed by atoms with van der Waals surface area (Å²) in [4.78, 5) is 13.5. The predicted octanol–water partition coefficient (Wildman–Crippen LogP) is 2.41. The summed E-state index contributed by atoms with van der Waals surface area (Å²) < 4.78 is 0. The molecule has 0 bridgehead atoms. The first kappa shape index (κ1) is 11.3. The summed E-state index contributed by atoms with van der Waals surface area (Å²) >= 11 is 0. The molecule has 0 aliphatic carbocycles. The number of rotatable bonds is 4. The fraction of sp³-hybridized carbons (Fsp3) is 0.500. The Morgan fingerprint density at radius 3 is 2.25 bits per heavy atom. The van der Waals surface area contributed by atoms with Gasteiger partial charge >= 0.3 is 0 Å². The Morgan fingerprint density at radius 2 is 1.69 bits per heavy atom. The first-order valence-corrected chi connectivity index (χ1v) is 6.03. The average molecular weight is 217 g/mol. The smallest absolute Gasteiger partial charge is 0.134 e. The molecule has 2 heteroatoms. The number of carbonyl (C=O) groups excluding carboxylic acids is 1. The molecule has 0 unspecified atom stereocenters. The molecule has 1 aromatic carbocycles. The highest BCUT2D eigenvalue weighted by Crippen LogP contribution is 2.13. The van der Waals surface area contributed by atoms with Crippen LogP contribution in [0.4, 0.5) is 0 Å². The van der Waals surface area contributed by atoms with E-state index >= 15 is 0 Å². The number of benzene rings is 1. The number of nitrogens with zero attached hydrogens (tertiary/aromatic N) is 1. The van der Waals surface area contributed by atoms with E-state index in [1.54, 1.807) is 6.92 Å². The number of hydrogen-bond donors (Lipinski definition) is 0. The number of likely N-dealkylation sites (tertiary alicyclic amines) is 1. The lowest BCUT2D eigenvalue weighted by atomic mass is 10.1. The molecule has 0 atom stereocenters. The molecule has 0 radical (unpaired) electrons. The maximum Gasteiger partial charge on any atom is 0.134 e. The molecule has 1 heterocycles. The van der Waals surface area contributed by atoms with Gasteiger partial charge in [-0.3, -0.25) is 9.69 Å². The van der Waals surface area contributed by atoms with Gasteiger partial charge in [-0.25, -0.2) is 0 Å². The molecule has 0 saturated carbocycles. The van der Waals surface area contributed by atoms with Crippen LogP contribution >= 0.6 is 0 Å². The van der Waals surface area contributed by atoms with Gasteiger partial charge in [0.2, 0.25) is 0 Å². The van der Waals surface area contributed by atoms with Crippen LogP contribution in [0.3, 0.4) is 0 Å². The maximum atomic E-state index is 11.0. The van der Waals surface area contributed by atoms with E-state index in [0.29, 0.717) is 6.42 Å². The van der Waals surface area contributed by atoms with Gasteiger partial charge in [0.25, 0.3) is 0 Å². The van der Waals surface area contributed by atoms with Crippen LogP contribution in [0.25, 0.3) is 0 Å².